The van der Waals surface area contributed by atoms with Crippen molar-refractivity contribution in [2.75, 3.05) is 33.8 Å². The number of benzene rings is 1. The Kier molecular flexibility index (Phi) is 8.28. The van der Waals surface area contributed by atoms with Crippen molar-refractivity contribution in [3.8, 4) is 5.75 Å². The standard InChI is InChI=1S/C17H26N2O2.ClH/c1-18-10-7-17(20)19-11-8-14(9-12-19)13-15-5-3-4-6-16(15)21-2;/h3-6,14,18H,7-13H2,1-2H3;1H. The zero-order chi connectivity index (χ0) is 15.1. The molecule has 1 aliphatic heterocycles. The number of methoxy groups -OCH3 is 1. The molecule has 4 nitrogen and oxygen atoms in total. The summed E-state index contributed by atoms with van der Waals surface area (Å²) in [5, 5.41) is 3.03. The molecule has 1 amide bonds. The number of ether oxygens (including phenoxy) is 1. The predicted molar refractivity (Wildman–Crippen MR) is 91.8 cm³/mol. The van der Waals surface area contributed by atoms with Gasteiger partial charge in [-0.25, -0.2) is 0 Å². The number of nitrogens with one attached hydrogen (secondary N) is 1. The maximum atomic E-state index is 12.0. The van der Waals surface area contributed by atoms with Crippen LogP contribution < -0.4 is 10.1 Å². The van der Waals surface area contributed by atoms with Crippen LogP contribution in [0.15, 0.2) is 24.3 Å². The summed E-state index contributed by atoms with van der Waals surface area (Å²) in [6.45, 7) is 2.55. The Morgan fingerprint density at radius 1 is 1.32 bits per heavy atom. The van der Waals surface area contributed by atoms with E-state index in [1.807, 2.05) is 24.1 Å². The van der Waals surface area contributed by atoms with Crippen molar-refractivity contribution >= 4 is 18.3 Å². The van der Waals surface area contributed by atoms with E-state index in [9.17, 15) is 4.79 Å². The number of piperidine rings is 1. The quantitative estimate of drug-likeness (QED) is 0.873. The number of hydrogen-bond acceptors (Lipinski definition) is 3. The molecule has 1 heterocycles. The van der Waals surface area contributed by atoms with E-state index >= 15 is 0 Å². The Labute approximate surface area is 139 Å². The van der Waals surface area contributed by atoms with Crippen molar-refractivity contribution in [3.63, 3.8) is 0 Å². The molecule has 1 saturated heterocycles. The molecule has 1 aromatic rings. The minimum atomic E-state index is 0. The van der Waals surface area contributed by atoms with E-state index in [1.165, 1.54) is 5.56 Å². The third-order valence-electron chi connectivity index (χ3n) is 4.26. The number of carbonyl (C=O) groups is 1. The second kappa shape index (κ2) is 9.70. The summed E-state index contributed by atoms with van der Waals surface area (Å²) in [6.07, 6.45) is 3.82. The van der Waals surface area contributed by atoms with Gasteiger partial charge in [0.15, 0.2) is 0 Å². The topological polar surface area (TPSA) is 41.6 Å². The Morgan fingerprint density at radius 3 is 2.64 bits per heavy atom. The number of carbonyl (C=O) groups excluding carboxylic acids is 1. The van der Waals surface area contributed by atoms with Crippen molar-refractivity contribution in [2.24, 2.45) is 5.92 Å². The number of likely N-dealkylation sites (tertiary alicyclic amines) is 1. The zero-order valence-corrected chi connectivity index (χ0v) is 14.3. The van der Waals surface area contributed by atoms with Gasteiger partial charge in [0.25, 0.3) is 0 Å². The van der Waals surface area contributed by atoms with Crippen molar-refractivity contribution in [1.82, 2.24) is 10.2 Å². The molecule has 1 aromatic carbocycles. The predicted octanol–water partition coefficient (Wildman–Crippen LogP) is 2.51. The highest BCUT2D eigenvalue weighted by atomic mass is 35.5. The first-order valence-corrected chi connectivity index (χ1v) is 7.79. The van der Waals surface area contributed by atoms with Gasteiger partial charge in [0.05, 0.1) is 7.11 Å². The summed E-state index contributed by atoms with van der Waals surface area (Å²) in [5.74, 6) is 1.90. The van der Waals surface area contributed by atoms with Crippen LogP contribution >= 0.6 is 12.4 Å². The number of hydrogen-bond donors (Lipinski definition) is 1. The number of nitrogens with zero attached hydrogens (tertiary/aromatic N) is 1. The molecule has 0 radical (unpaired) electrons. The number of rotatable bonds is 6. The fourth-order valence-corrected chi connectivity index (χ4v) is 2.96. The molecular weight excluding hydrogens is 300 g/mol. The molecule has 0 bridgehead atoms. The van der Waals surface area contributed by atoms with Crippen LogP contribution in [0, 0.1) is 5.92 Å². The summed E-state index contributed by atoms with van der Waals surface area (Å²) < 4.78 is 5.42. The lowest BCUT2D eigenvalue weighted by molar-refractivity contribution is -0.132. The van der Waals surface area contributed by atoms with Crippen LogP contribution in [0.1, 0.15) is 24.8 Å². The molecule has 1 aliphatic rings. The largest absolute Gasteiger partial charge is 0.496 e. The fraction of sp³-hybridized carbons (Fsp3) is 0.588. The highest BCUT2D eigenvalue weighted by Crippen LogP contribution is 2.26. The Bertz CT molecular complexity index is 460. The SMILES string of the molecule is CNCCC(=O)N1CCC(Cc2ccccc2OC)CC1.Cl. The number of halogens is 1. The van der Waals surface area contributed by atoms with Gasteiger partial charge in [0.1, 0.15) is 5.75 Å². The number of amides is 1. The second-order valence-electron chi connectivity index (χ2n) is 5.69. The molecule has 1 fully saturated rings. The van der Waals surface area contributed by atoms with Crippen molar-refractivity contribution in [1.29, 1.82) is 0 Å². The van der Waals surface area contributed by atoms with Gasteiger partial charge in [-0.2, -0.15) is 0 Å². The number of para-hydroxylation sites is 1. The van der Waals surface area contributed by atoms with Crippen molar-refractivity contribution in [3.05, 3.63) is 29.8 Å². The normalized spacial score (nSPS) is 15.3. The first-order valence-electron chi connectivity index (χ1n) is 7.79. The van der Waals surface area contributed by atoms with Crippen molar-refractivity contribution < 1.29 is 9.53 Å². The summed E-state index contributed by atoms with van der Waals surface area (Å²) in [6, 6.07) is 8.23. The molecular formula is C17H27ClN2O2. The van der Waals surface area contributed by atoms with Gasteiger partial charge < -0.3 is 15.0 Å². The molecule has 2 rings (SSSR count). The van der Waals surface area contributed by atoms with Gasteiger partial charge >= 0.3 is 0 Å². The van der Waals surface area contributed by atoms with Crippen LogP contribution in [0.25, 0.3) is 0 Å². The lowest BCUT2D eigenvalue weighted by Crippen LogP contribution is -2.39. The van der Waals surface area contributed by atoms with E-state index in [0.29, 0.717) is 12.3 Å². The van der Waals surface area contributed by atoms with Gasteiger partial charge in [0.2, 0.25) is 5.91 Å². The van der Waals surface area contributed by atoms with Gasteiger partial charge in [-0.3, -0.25) is 4.79 Å². The lowest BCUT2D eigenvalue weighted by Gasteiger charge is -2.32. The Balaban J connectivity index is 0.00000242. The zero-order valence-electron chi connectivity index (χ0n) is 13.5. The van der Waals surface area contributed by atoms with Crippen molar-refractivity contribution in [2.45, 2.75) is 25.7 Å². The third-order valence-corrected chi connectivity index (χ3v) is 4.26. The first kappa shape index (κ1) is 18.8. The molecule has 1 N–H and O–H groups in total. The van der Waals surface area contributed by atoms with Crippen LogP contribution in [0.2, 0.25) is 0 Å². The average Bonchev–Trinajstić information content (AvgIpc) is 2.54. The van der Waals surface area contributed by atoms with E-state index in [4.69, 9.17) is 4.74 Å². The van der Waals surface area contributed by atoms with Gasteiger partial charge in [-0.15, -0.1) is 12.4 Å². The van der Waals surface area contributed by atoms with Crippen LogP contribution in [0.3, 0.4) is 0 Å². The summed E-state index contributed by atoms with van der Waals surface area (Å²) >= 11 is 0. The second-order valence-corrected chi connectivity index (χ2v) is 5.69. The van der Waals surface area contributed by atoms with Crippen LogP contribution in [-0.2, 0) is 11.2 Å². The Hall–Kier alpha value is -1.26. The Morgan fingerprint density at radius 2 is 2.00 bits per heavy atom. The highest BCUT2D eigenvalue weighted by molar-refractivity contribution is 5.85. The van der Waals surface area contributed by atoms with E-state index in [1.54, 1.807) is 7.11 Å². The molecule has 0 atom stereocenters. The van der Waals surface area contributed by atoms with E-state index in [2.05, 4.69) is 17.4 Å². The molecule has 124 valence electrons. The average molecular weight is 327 g/mol. The molecule has 0 unspecified atom stereocenters. The highest BCUT2D eigenvalue weighted by Gasteiger charge is 2.23. The molecule has 0 spiro atoms. The monoisotopic (exact) mass is 326 g/mol. The van der Waals surface area contributed by atoms with E-state index in [0.717, 1.165) is 44.6 Å². The fourth-order valence-electron chi connectivity index (χ4n) is 2.96. The molecule has 0 aliphatic carbocycles. The summed E-state index contributed by atoms with van der Waals surface area (Å²) in [4.78, 5) is 14.0. The van der Waals surface area contributed by atoms with Crippen LogP contribution in [0.4, 0.5) is 0 Å². The molecule has 0 aromatic heterocycles. The van der Waals surface area contributed by atoms with E-state index < -0.39 is 0 Å². The minimum Gasteiger partial charge on any atom is -0.496 e. The summed E-state index contributed by atoms with van der Waals surface area (Å²) in [5.41, 5.74) is 1.28. The van der Waals surface area contributed by atoms with E-state index in [-0.39, 0.29) is 18.3 Å². The van der Waals surface area contributed by atoms with Gasteiger partial charge in [-0.05, 0) is 43.9 Å². The molecule has 0 saturated carbocycles. The van der Waals surface area contributed by atoms with Gasteiger partial charge in [0, 0.05) is 26.1 Å². The van der Waals surface area contributed by atoms with Crippen LogP contribution in [0.5, 0.6) is 5.75 Å². The maximum absolute atomic E-state index is 12.0. The minimum absolute atomic E-state index is 0. The van der Waals surface area contributed by atoms with Crippen LogP contribution in [-0.4, -0.2) is 44.6 Å². The molecule has 22 heavy (non-hydrogen) atoms. The smallest absolute Gasteiger partial charge is 0.223 e. The summed E-state index contributed by atoms with van der Waals surface area (Å²) in [7, 11) is 3.61. The maximum Gasteiger partial charge on any atom is 0.223 e. The molecule has 5 heteroatoms. The lowest BCUT2D eigenvalue weighted by atomic mass is 9.89. The first-order chi connectivity index (χ1) is 10.2. The third kappa shape index (κ3) is 5.18. The van der Waals surface area contributed by atoms with Gasteiger partial charge in [-0.1, -0.05) is 18.2 Å².